The fourth-order valence-corrected chi connectivity index (χ4v) is 4.25. The molecule has 0 bridgehead atoms. The van der Waals surface area contributed by atoms with Crippen LogP contribution in [0.15, 0.2) is 42.6 Å². The summed E-state index contributed by atoms with van der Waals surface area (Å²) in [6.45, 7) is 15.6. The van der Waals surface area contributed by atoms with Crippen LogP contribution in [0.25, 0.3) is 0 Å². The maximum atomic E-state index is 5.24. The minimum Gasteiger partial charge on any atom is -0.495 e. The molecule has 1 saturated heterocycles. The monoisotopic (exact) mass is 381 g/mol. The van der Waals surface area contributed by atoms with Gasteiger partial charge in [0.25, 0.3) is 0 Å². The van der Waals surface area contributed by atoms with Gasteiger partial charge in [0.2, 0.25) is 0 Å². The first-order valence-corrected chi connectivity index (χ1v) is 10.4. The lowest BCUT2D eigenvalue weighted by Crippen LogP contribution is -2.55. The van der Waals surface area contributed by atoms with Crippen LogP contribution in [0.2, 0.25) is 0 Å². The topological polar surface area (TPSA) is 28.6 Å². The molecule has 0 aliphatic carbocycles. The van der Waals surface area contributed by atoms with E-state index in [1.165, 1.54) is 11.1 Å². The van der Waals surface area contributed by atoms with Crippen molar-refractivity contribution in [2.45, 2.75) is 58.7 Å². The molecule has 0 amide bonds. The molecule has 4 nitrogen and oxygen atoms in total. The van der Waals surface area contributed by atoms with Gasteiger partial charge in [-0.3, -0.25) is 14.8 Å². The van der Waals surface area contributed by atoms with E-state index < -0.39 is 0 Å². The molecule has 1 aliphatic heterocycles. The zero-order valence-electron chi connectivity index (χ0n) is 18.3. The van der Waals surface area contributed by atoms with E-state index in [4.69, 9.17) is 4.74 Å². The Morgan fingerprint density at radius 1 is 1.11 bits per heavy atom. The Bertz CT molecular complexity index is 764. The van der Waals surface area contributed by atoms with Crippen LogP contribution >= 0.6 is 0 Å². The van der Waals surface area contributed by atoms with Crippen molar-refractivity contribution in [3.63, 3.8) is 0 Å². The zero-order chi connectivity index (χ0) is 20.3. The molecule has 1 aromatic carbocycles. The van der Waals surface area contributed by atoms with E-state index in [0.717, 1.165) is 37.6 Å². The predicted molar refractivity (Wildman–Crippen MR) is 116 cm³/mol. The van der Waals surface area contributed by atoms with Crippen molar-refractivity contribution in [1.82, 2.24) is 14.8 Å². The van der Waals surface area contributed by atoms with Crippen molar-refractivity contribution in [2.75, 3.05) is 26.7 Å². The Balaban J connectivity index is 1.85. The number of pyridine rings is 1. The number of piperazine rings is 1. The number of aromatic nitrogens is 1. The molecule has 0 N–H and O–H groups in total. The second kappa shape index (κ2) is 8.62. The zero-order valence-corrected chi connectivity index (χ0v) is 18.3. The standard InChI is InChI=1S/C24H35N3O/c1-18(2)21-9-7-8-10-22(21)23-17-26(13-14-27(23)24(3,4)5)16-19-11-12-20(28-6)15-25-19/h7-12,15,18,23H,13-14,16-17H2,1-6H3. The molecule has 0 spiro atoms. The number of benzene rings is 1. The van der Waals surface area contributed by atoms with Crippen LogP contribution in [0.4, 0.5) is 0 Å². The highest BCUT2D eigenvalue weighted by atomic mass is 16.5. The van der Waals surface area contributed by atoms with Gasteiger partial charge in [-0.25, -0.2) is 0 Å². The molecule has 152 valence electrons. The van der Waals surface area contributed by atoms with E-state index in [-0.39, 0.29) is 5.54 Å². The summed E-state index contributed by atoms with van der Waals surface area (Å²) >= 11 is 0. The Kier molecular flexibility index (Phi) is 6.41. The summed E-state index contributed by atoms with van der Waals surface area (Å²) in [4.78, 5) is 9.79. The summed E-state index contributed by atoms with van der Waals surface area (Å²) in [6.07, 6.45) is 1.81. The van der Waals surface area contributed by atoms with Crippen molar-refractivity contribution in [2.24, 2.45) is 0 Å². The van der Waals surface area contributed by atoms with E-state index >= 15 is 0 Å². The molecule has 0 radical (unpaired) electrons. The van der Waals surface area contributed by atoms with Gasteiger partial charge in [-0.2, -0.15) is 0 Å². The number of methoxy groups -OCH3 is 1. The first-order valence-electron chi connectivity index (χ1n) is 10.4. The van der Waals surface area contributed by atoms with Gasteiger partial charge in [0.05, 0.1) is 19.0 Å². The SMILES string of the molecule is COc1ccc(CN2CCN(C(C)(C)C)C(c3ccccc3C(C)C)C2)nc1. The van der Waals surface area contributed by atoms with Gasteiger partial charge in [-0.1, -0.05) is 38.1 Å². The fourth-order valence-electron chi connectivity index (χ4n) is 4.25. The normalized spacial score (nSPS) is 19.2. The Morgan fingerprint density at radius 3 is 2.46 bits per heavy atom. The molecule has 3 rings (SSSR count). The van der Waals surface area contributed by atoms with E-state index in [1.807, 2.05) is 12.3 Å². The summed E-state index contributed by atoms with van der Waals surface area (Å²) < 4.78 is 5.24. The highest BCUT2D eigenvalue weighted by Gasteiger charge is 2.36. The average Bonchev–Trinajstić information content (AvgIpc) is 2.67. The van der Waals surface area contributed by atoms with Crippen molar-refractivity contribution in [1.29, 1.82) is 0 Å². The van der Waals surface area contributed by atoms with Crippen LogP contribution in [-0.4, -0.2) is 47.1 Å². The summed E-state index contributed by atoms with van der Waals surface area (Å²) in [5, 5.41) is 0. The van der Waals surface area contributed by atoms with E-state index in [0.29, 0.717) is 12.0 Å². The van der Waals surface area contributed by atoms with E-state index in [1.54, 1.807) is 7.11 Å². The van der Waals surface area contributed by atoms with Gasteiger partial charge >= 0.3 is 0 Å². The molecular weight excluding hydrogens is 346 g/mol. The maximum absolute atomic E-state index is 5.24. The van der Waals surface area contributed by atoms with Gasteiger partial charge in [0, 0.05) is 37.8 Å². The largest absolute Gasteiger partial charge is 0.495 e. The molecule has 1 atom stereocenters. The lowest BCUT2D eigenvalue weighted by molar-refractivity contribution is 0.00515. The van der Waals surface area contributed by atoms with Crippen LogP contribution in [0, 0.1) is 0 Å². The Hall–Kier alpha value is -1.91. The molecule has 1 aromatic heterocycles. The fraction of sp³-hybridized carbons (Fsp3) is 0.542. The smallest absolute Gasteiger partial charge is 0.137 e. The lowest BCUT2D eigenvalue weighted by atomic mass is 9.88. The average molecular weight is 382 g/mol. The van der Waals surface area contributed by atoms with Crippen molar-refractivity contribution in [3.05, 3.63) is 59.4 Å². The van der Waals surface area contributed by atoms with Crippen LogP contribution in [0.3, 0.4) is 0 Å². The van der Waals surface area contributed by atoms with E-state index in [9.17, 15) is 0 Å². The highest BCUT2D eigenvalue weighted by molar-refractivity contribution is 5.33. The second-order valence-corrected chi connectivity index (χ2v) is 9.09. The van der Waals surface area contributed by atoms with E-state index in [2.05, 4.69) is 79.7 Å². The molecule has 1 fully saturated rings. The quantitative estimate of drug-likeness (QED) is 0.739. The Morgan fingerprint density at radius 2 is 1.86 bits per heavy atom. The molecule has 1 unspecified atom stereocenters. The molecule has 28 heavy (non-hydrogen) atoms. The van der Waals surface area contributed by atoms with Gasteiger partial charge < -0.3 is 4.74 Å². The third-order valence-electron chi connectivity index (χ3n) is 5.72. The first-order chi connectivity index (χ1) is 13.3. The highest BCUT2D eigenvalue weighted by Crippen LogP contribution is 2.36. The number of hydrogen-bond donors (Lipinski definition) is 0. The summed E-state index contributed by atoms with van der Waals surface area (Å²) in [5.74, 6) is 1.33. The number of hydrogen-bond acceptors (Lipinski definition) is 4. The third-order valence-corrected chi connectivity index (χ3v) is 5.72. The Labute approximate surface area is 170 Å². The molecule has 2 aromatic rings. The molecule has 1 aliphatic rings. The predicted octanol–water partition coefficient (Wildman–Crippen LogP) is 4.87. The summed E-state index contributed by atoms with van der Waals surface area (Å²) in [6, 6.07) is 13.4. The number of ether oxygens (including phenoxy) is 1. The second-order valence-electron chi connectivity index (χ2n) is 9.09. The summed E-state index contributed by atoms with van der Waals surface area (Å²) in [7, 11) is 1.68. The number of rotatable bonds is 5. The van der Waals surface area contributed by atoms with Gasteiger partial charge in [-0.15, -0.1) is 0 Å². The van der Waals surface area contributed by atoms with Crippen molar-refractivity contribution >= 4 is 0 Å². The van der Waals surface area contributed by atoms with Crippen LogP contribution in [-0.2, 0) is 6.54 Å². The first kappa shape index (κ1) is 20.8. The molecule has 4 heteroatoms. The van der Waals surface area contributed by atoms with Crippen LogP contribution in [0.5, 0.6) is 5.75 Å². The lowest BCUT2D eigenvalue weighted by Gasteiger charge is -2.48. The van der Waals surface area contributed by atoms with Crippen molar-refractivity contribution in [3.8, 4) is 5.75 Å². The molecule has 2 heterocycles. The van der Waals surface area contributed by atoms with Crippen molar-refractivity contribution < 1.29 is 4.74 Å². The molecule has 0 saturated carbocycles. The van der Waals surface area contributed by atoms with Gasteiger partial charge in [0.1, 0.15) is 5.75 Å². The van der Waals surface area contributed by atoms with Crippen LogP contribution in [0.1, 0.15) is 63.4 Å². The van der Waals surface area contributed by atoms with Gasteiger partial charge in [0.15, 0.2) is 0 Å². The third kappa shape index (κ3) is 4.73. The molecular formula is C24H35N3O. The minimum absolute atomic E-state index is 0.138. The minimum atomic E-state index is 0.138. The number of nitrogens with zero attached hydrogens (tertiary/aromatic N) is 3. The maximum Gasteiger partial charge on any atom is 0.137 e. The van der Waals surface area contributed by atoms with Crippen LogP contribution < -0.4 is 4.74 Å². The summed E-state index contributed by atoms with van der Waals surface area (Å²) in [5.41, 5.74) is 4.17. The van der Waals surface area contributed by atoms with Gasteiger partial charge in [-0.05, 0) is 49.9 Å².